The minimum Gasteiger partial charge on any atom is -0.452 e. The molecule has 1 aromatic heterocycles. The van der Waals surface area contributed by atoms with Crippen molar-refractivity contribution in [3.05, 3.63) is 46.3 Å². The molecular weight excluding hydrogens is 362 g/mol. The Kier molecular flexibility index (Phi) is 4.57. The molecule has 8 nitrogen and oxygen atoms in total. The highest BCUT2D eigenvalue weighted by Gasteiger charge is 2.39. The number of hydrogen-bond donors (Lipinski definition) is 1. The maximum Gasteiger partial charge on any atom is 0.351 e. The van der Waals surface area contributed by atoms with Crippen LogP contribution in [0.2, 0.25) is 0 Å². The molecule has 0 aliphatic carbocycles. The maximum absolute atomic E-state index is 12.1. The van der Waals surface area contributed by atoms with Gasteiger partial charge in [0.2, 0.25) is 0 Å². The zero-order chi connectivity index (χ0) is 18.9. The number of ether oxygens (including phenoxy) is 1. The fraction of sp³-hybridized carbons (Fsp3) is 0.353. The molecule has 3 rings (SSSR count). The average Bonchev–Trinajstić information content (AvgIpc) is 2.84. The van der Waals surface area contributed by atoms with Crippen molar-refractivity contribution in [2.45, 2.75) is 18.9 Å². The summed E-state index contributed by atoms with van der Waals surface area (Å²) < 4.78 is 33.0. The summed E-state index contributed by atoms with van der Waals surface area (Å²) in [7, 11) is -3.18. The van der Waals surface area contributed by atoms with Gasteiger partial charge in [0.25, 0.3) is 5.91 Å². The Morgan fingerprint density at radius 3 is 2.73 bits per heavy atom. The lowest BCUT2D eigenvalue weighted by Gasteiger charge is -2.23. The summed E-state index contributed by atoms with van der Waals surface area (Å²) in [5, 5.41) is 3.11. The highest BCUT2D eigenvalue weighted by molar-refractivity contribution is 7.91. The number of carbonyl (C=O) groups excluding carboxylic acids is 2. The zero-order valence-corrected chi connectivity index (χ0v) is 14.8. The molecule has 2 aromatic rings. The second-order valence-electron chi connectivity index (χ2n) is 6.51. The van der Waals surface area contributed by atoms with Gasteiger partial charge in [-0.05, 0) is 25.5 Å². The molecule has 138 valence electrons. The minimum atomic E-state index is -3.18. The first kappa shape index (κ1) is 18.1. The van der Waals surface area contributed by atoms with Gasteiger partial charge in [-0.15, -0.1) is 0 Å². The van der Waals surface area contributed by atoms with Crippen LogP contribution < -0.4 is 10.9 Å². The molecule has 1 amide bonds. The van der Waals surface area contributed by atoms with E-state index in [0.717, 1.165) is 0 Å². The largest absolute Gasteiger partial charge is 0.452 e. The lowest BCUT2D eigenvalue weighted by Crippen LogP contribution is -2.48. The molecule has 1 fully saturated rings. The summed E-state index contributed by atoms with van der Waals surface area (Å²) in [5.74, 6) is -1.78. The standard InChI is InChI=1S/C17H17NO7S/c1-17(6-7-26(22,23)10-17)18-14(19)9-24-15(20)12-8-11-4-2-3-5-13(11)25-16(12)21/h2-5,8H,6-7,9-10H2,1H3,(H,18,19)/t17-/m1/s1. The van der Waals surface area contributed by atoms with Crippen molar-refractivity contribution in [3.63, 3.8) is 0 Å². The summed E-state index contributed by atoms with van der Waals surface area (Å²) in [4.78, 5) is 35.9. The van der Waals surface area contributed by atoms with E-state index in [0.29, 0.717) is 17.4 Å². The Morgan fingerprint density at radius 1 is 1.31 bits per heavy atom. The minimum absolute atomic E-state index is 0.00169. The number of hydrogen-bond acceptors (Lipinski definition) is 7. The van der Waals surface area contributed by atoms with Gasteiger partial charge in [0.15, 0.2) is 16.4 Å². The van der Waals surface area contributed by atoms with Crippen LogP contribution in [0.5, 0.6) is 0 Å². The van der Waals surface area contributed by atoms with Crippen molar-refractivity contribution >= 4 is 32.7 Å². The predicted molar refractivity (Wildman–Crippen MR) is 92.6 cm³/mol. The molecule has 0 spiro atoms. The molecule has 1 N–H and O–H groups in total. The highest BCUT2D eigenvalue weighted by Crippen LogP contribution is 2.22. The molecule has 1 saturated heterocycles. The van der Waals surface area contributed by atoms with E-state index in [-0.39, 0.29) is 17.1 Å². The van der Waals surface area contributed by atoms with Crippen LogP contribution in [-0.2, 0) is 19.4 Å². The van der Waals surface area contributed by atoms with E-state index in [4.69, 9.17) is 9.15 Å². The van der Waals surface area contributed by atoms with Crippen LogP contribution in [-0.4, -0.2) is 43.9 Å². The molecule has 1 aromatic carbocycles. The topological polar surface area (TPSA) is 120 Å². The van der Waals surface area contributed by atoms with Crippen LogP contribution in [0.4, 0.5) is 0 Å². The number of carbonyl (C=O) groups is 2. The van der Waals surface area contributed by atoms with Gasteiger partial charge >= 0.3 is 11.6 Å². The predicted octanol–water partition coefficient (Wildman–Crippen LogP) is 0.643. The van der Waals surface area contributed by atoms with E-state index < -0.39 is 39.5 Å². The smallest absolute Gasteiger partial charge is 0.351 e. The number of rotatable bonds is 4. The summed E-state index contributed by atoms with van der Waals surface area (Å²) in [6.45, 7) is 0.996. The SMILES string of the molecule is C[C@@]1(NC(=O)COC(=O)c2cc3ccccc3oc2=O)CCS(=O)(=O)C1. The third-order valence-electron chi connectivity index (χ3n) is 4.14. The lowest BCUT2D eigenvalue weighted by atomic mass is 10.0. The summed E-state index contributed by atoms with van der Waals surface area (Å²) in [6, 6.07) is 8.02. The molecule has 1 aliphatic rings. The first-order valence-corrected chi connectivity index (χ1v) is 9.71. The number of benzene rings is 1. The molecule has 0 radical (unpaired) electrons. The molecule has 9 heteroatoms. The van der Waals surface area contributed by atoms with E-state index in [1.165, 1.54) is 6.07 Å². The van der Waals surface area contributed by atoms with E-state index in [9.17, 15) is 22.8 Å². The lowest BCUT2D eigenvalue weighted by molar-refractivity contribution is -0.125. The van der Waals surface area contributed by atoms with E-state index in [2.05, 4.69) is 5.32 Å². The number of sulfone groups is 1. The Hall–Kier alpha value is -2.68. The highest BCUT2D eigenvalue weighted by atomic mass is 32.2. The average molecular weight is 379 g/mol. The van der Waals surface area contributed by atoms with E-state index in [1.807, 2.05) is 0 Å². The van der Waals surface area contributed by atoms with E-state index in [1.54, 1.807) is 31.2 Å². The first-order chi connectivity index (χ1) is 12.2. The molecule has 26 heavy (non-hydrogen) atoms. The van der Waals surface area contributed by atoms with Crippen molar-refractivity contribution in [2.24, 2.45) is 0 Å². The van der Waals surface area contributed by atoms with Gasteiger partial charge in [-0.2, -0.15) is 0 Å². The van der Waals surface area contributed by atoms with E-state index >= 15 is 0 Å². The third kappa shape index (κ3) is 3.93. The quantitative estimate of drug-likeness (QED) is 0.611. The van der Waals surface area contributed by atoms with Gasteiger partial charge in [0.05, 0.1) is 17.0 Å². The second-order valence-corrected chi connectivity index (χ2v) is 8.70. The zero-order valence-electron chi connectivity index (χ0n) is 14.0. The normalized spacial score (nSPS) is 21.4. The number of fused-ring (bicyclic) bond motifs is 1. The van der Waals surface area contributed by atoms with Crippen molar-refractivity contribution in [1.29, 1.82) is 0 Å². The fourth-order valence-corrected chi connectivity index (χ4v) is 4.99. The molecule has 0 unspecified atom stereocenters. The van der Waals surface area contributed by atoms with Crippen LogP contribution in [0.25, 0.3) is 11.0 Å². The summed E-state index contributed by atoms with van der Waals surface area (Å²) >= 11 is 0. The van der Waals surface area contributed by atoms with Crippen LogP contribution in [0.1, 0.15) is 23.7 Å². The molecule has 1 atom stereocenters. The van der Waals surface area contributed by atoms with Crippen molar-refractivity contribution in [3.8, 4) is 0 Å². The second kappa shape index (κ2) is 6.56. The number of amides is 1. The molecular formula is C17H17NO7S. The van der Waals surface area contributed by atoms with Gasteiger partial charge in [0.1, 0.15) is 11.1 Å². The first-order valence-electron chi connectivity index (χ1n) is 7.89. The molecule has 2 heterocycles. The Labute approximate surface area is 149 Å². The fourth-order valence-electron chi connectivity index (χ4n) is 2.89. The van der Waals surface area contributed by atoms with Crippen LogP contribution in [0.15, 0.2) is 39.5 Å². The maximum atomic E-state index is 12.1. The van der Waals surface area contributed by atoms with Gasteiger partial charge in [0, 0.05) is 5.39 Å². The van der Waals surface area contributed by atoms with Crippen molar-refractivity contribution < 1.29 is 27.2 Å². The van der Waals surface area contributed by atoms with Crippen LogP contribution >= 0.6 is 0 Å². The summed E-state index contributed by atoms with van der Waals surface area (Å²) in [6.07, 6.45) is 0.295. The number of nitrogens with one attached hydrogen (secondary N) is 1. The van der Waals surface area contributed by atoms with Crippen LogP contribution in [0, 0.1) is 0 Å². The molecule has 0 saturated carbocycles. The van der Waals surface area contributed by atoms with Gasteiger partial charge in [-0.3, -0.25) is 4.79 Å². The Bertz CT molecular complexity index is 1040. The van der Waals surface area contributed by atoms with Crippen LogP contribution in [0.3, 0.4) is 0 Å². The van der Waals surface area contributed by atoms with Crippen molar-refractivity contribution in [2.75, 3.05) is 18.1 Å². The van der Waals surface area contributed by atoms with Crippen molar-refractivity contribution in [1.82, 2.24) is 5.32 Å². The molecule has 0 bridgehead atoms. The Balaban J connectivity index is 1.65. The summed E-state index contributed by atoms with van der Waals surface area (Å²) in [5.41, 5.74) is -1.72. The number of para-hydroxylation sites is 1. The monoisotopic (exact) mass is 379 g/mol. The number of esters is 1. The Morgan fingerprint density at radius 2 is 2.04 bits per heavy atom. The third-order valence-corrected chi connectivity index (χ3v) is 6.04. The van der Waals surface area contributed by atoms with Gasteiger partial charge < -0.3 is 14.5 Å². The van der Waals surface area contributed by atoms with Gasteiger partial charge in [-0.25, -0.2) is 18.0 Å². The molecule has 1 aliphatic heterocycles. The van der Waals surface area contributed by atoms with Gasteiger partial charge in [-0.1, -0.05) is 18.2 Å².